The highest BCUT2D eigenvalue weighted by atomic mass is 35.5. The Morgan fingerprint density at radius 2 is 1.95 bits per heavy atom. The first-order chi connectivity index (χ1) is 9.65. The van der Waals surface area contributed by atoms with Crippen LogP contribution < -0.4 is 5.43 Å². The number of benzene rings is 2. The van der Waals surface area contributed by atoms with Crippen LogP contribution in [0.5, 0.6) is 5.75 Å². The first-order valence-corrected chi connectivity index (χ1v) is 6.96. The van der Waals surface area contributed by atoms with E-state index in [1.165, 1.54) is 0 Å². The number of aromatic hydroxyl groups is 1. The number of hydrogen-bond acceptors (Lipinski definition) is 3. The van der Waals surface area contributed by atoms with Crippen LogP contribution in [0, 0.1) is 0 Å². The molecule has 3 rings (SSSR count). The fourth-order valence-corrected chi connectivity index (χ4v) is 2.73. The molecule has 0 spiro atoms. The summed E-state index contributed by atoms with van der Waals surface area (Å²) < 4.78 is 0. The molecule has 0 bridgehead atoms. The SMILES string of the molecule is Oc1ccc(Cl)cc1C1=NN[C@H](c2ccccc2Cl)C1. The van der Waals surface area contributed by atoms with Gasteiger partial charge in [-0.3, -0.25) is 0 Å². The van der Waals surface area contributed by atoms with Gasteiger partial charge < -0.3 is 10.5 Å². The lowest BCUT2D eigenvalue weighted by atomic mass is 9.98. The predicted octanol–water partition coefficient (Wildman–Crippen LogP) is 4.14. The summed E-state index contributed by atoms with van der Waals surface area (Å²) in [6.07, 6.45) is 0.650. The van der Waals surface area contributed by atoms with E-state index in [0.29, 0.717) is 22.0 Å². The molecular formula is C15H12Cl2N2O. The monoisotopic (exact) mass is 306 g/mol. The lowest BCUT2D eigenvalue weighted by molar-refractivity contribution is 0.474. The molecule has 20 heavy (non-hydrogen) atoms. The van der Waals surface area contributed by atoms with Crippen LogP contribution in [0.3, 0.4) is 0 Å². The van der Waals surface area contributed by atoms with Gasteiger partial charge in [-0.2, -0.15) is 5.10 Å². The van der Waals surface area contributed by atoms with E-state index >= 15 is 0 Å². The zero-order chi connectivity index (χ0) is 14.1. The molecule has 0 saturated heterocycles. The number of nitrogens with zero attached hydrogens (tertiary/aromatic N) is 1. The van der Waals surface area contributed by atoms with E-state index in [1.54, 1.807) is 18.2 Å². The van der Waals surface area contributed by atoms with Gasteiger partial charge in [0.2, 0.25) is 0 Å². The number of phenols is 1. The third kappa shape index (κ3) is 2.47. The largest absolute Gasteiger partial charge is 0.507 e. The van der Waals surface area contributed by atoms with Gasteiger partial charge in [-0.1, -0.05) is 41.4 Å². The lowest BCUT2D eigenvalue weighted by Crippen LogP contribution is -2.10. The van der Waals surface area contributed by atoms with Crippen LogP contribution in [0.4, 0.5) is 0 Å². The summed E-state index contributed by atoms with van der Waals surface area (Å²) in [5.74, 6) is 0.176. The molecule has 0 aliphatic carbocycles. The third-order valence-corrected chi connectivity index (χ3v) is 3.88. The van der Waals surface area contributed by atoms with Crippen molar-refractivity contribution in [1.82, 2.24) is 5.43 Å². The van der Waals surface area contributed by atoms with Crippen LogP contribution in [-0.2, 0) is 0 Å². The fourth-order valence-electron chi connectivity index (χ4n) is 2.29. The number of phenolic OH excluding ortho intramolecular Hbond substituents is 1. The smallest absolute Gasteiger partial charge is 0.124 e. The van der Waals surface area contributed by atoms with E-state index in [0.717, 1.165) is 11.3 Å². The normalized spacial score (nSPS) is 17.7. The van der Waals surface area contributed by atoms with E-state index < -0.39 is 0 Å². The van der Waals surface area contributed by atoms with E-state index in [4.69, 9.17) is 23.2 Å². The minimum atomic E-state index is 0.0112. The maximum Gasteiger partial charge on any atom is 0.124 e. The van der Waals surface area contributed by atoms with Crippen molar-refractivity contribution in [2.75, 3.05) is 0 Å². The van der Waals surface area contributed by atoms with Gasteiger partial charge in [0.05, 0.1) is 11.8 Å². The van der Waals surface area contributed by atoms with E-state index in [9.17, 15) is 5.11 Å². The Morgan fingerprint density at radius 3 is 2.75 bits per heavy atom. The van der Waals surface area contributed by atoms with Gasteiger partial charge in [-0.25, -0.2) is 0 Å². The first-order valence-electron chi connectivity index (χ1n) is 6.20. The Labute approximate surface area is 126 Å². The molecule has 102 valence electrons. The van der Waals surface area contributed by atoms with Crippen molar-refractivity contribution in [1.29, 1.82) is 0 Å². The summed E-state index contributed by atoms with van der Waals surface area (Å²) >= 11 is 12.2. The predicted molar refractivity (Wildman–Crippen MR) is 81.6 cm³/mol. The number of nitrogens with one attached hydrogen (secondary N) is 1. The number of rotatable bonds is 2. The van der Waals surface area contributed by atoms with Crippen molar-refractivity contribution >= 4 is 28.9 Å². The second-order valence-corrected chi connectivity index (χ2v) is 5.47. The molecule has 0 aromatic heterocycles. The van der Waals surface area contributed by atoms with Crippen LogP contribution in [0.1, 0.15) is 23.6 Å². The molecule has 0 amide bonds. The molecule has 1 heterocycles. The molecule has 3 nitrogen and oxygen atoms in total. The van der Waals surface area contributed by atoms with Gasteiger partial charge in [0.15, 0.2) is 0 Å². The average Bonchev–Trinajstić information content (AvgIpc) is 2.91. The first kappa shape index (κ1) is 13.3. The van der Waals surface area contributed by atoms with Gasteiger partial charge in [0.1, 0.15) is 5.75 Å². The van der Waals surface area contributed by atoms with Crippen molar-refractivity contribution in [3.05, 3.63) is 63.6 Å². The van der Waals surface area contributed by atoms with E-state index in [-0.39, 0.29) is 11.8 Å². The maximum absolute atomic E-state index is 9.91. The van der Waals surface area contributed by atoms with Gasteiger partial charge in [-0.05, 0) is 29.8 Å². The van der Waals surface area contributed by atoms with Crippen molar-refractivity contribution < 1.29 is 5.11 Å². The summed E-state index contributed by atoms with van der Waals surface area (Å²) in [5, 5.41) is 15.5. The van der Waals surface area contributed by atoms with E-state index in [1.807, 2.05) is 24.3 Å². The third-order valence-electron chi connectivity index (χ3n) is 3.30. The standard InChI is InChI=1S/C15H12Cl2N2O/c16-9-5-6-15(20)11(7-9)14-8-13(18-19-14)10-3-1-2-4-12(10)17/h1-7,13,18,20H,8H2/t13-/m0/s1. The molecule has 5 heteroatoms. The molecular weight excluding hydrogens is 295 g/mol. The van der Waals surface area contributed by atoms with Gasteiger partial charge in [0.25, 0.3) is 0 Å². The maximum atomic E-state index is 9.91. The molecule has 0 saturated carbocycles. The summed E-state index contributed by atoms with van der Waals surface area (Å²) in [7, 11) is 0. The highest BCUT2D eigenvalue weighted by molar-refractivity contribution is 6.31. The zero-order valence-corrected chi connectivity index (χ0v) is 12.0. The molecule has 1 aliphatic rings. The average molecular weight is 307 g/mol. The van der Waals surface area contributed by atoms with Crippen molar-refractivity contribution in [3.63, 3.8) is 0 Å². The Hall–Kier alpha value is -1.71. The minimum Gasteiger partial charge on any atom is -0.507 e. The van der Waals surface area contributed by atoms with Crippen LogP contribution in [0.25, 0.3) is 0 Å². The van der Waals surface area contributed by atoms with Crippen LogP contribution in [-0.4, -0.2) is 10.8 Å². The van der Waals surface area contributed by atoms with Crippen LogP contribution >= 0.6 is 23.2 Å². The zero-order valence-electron chi connectivity index (χ0n) is 10.5. The number of hydrazone groups is 1. The van der Waals surface area contributed by atoms with Crippen molar-refractivity contribution in [2.24, 2.45) is 5.10 Å². The molecule has 2 aromatic rings. The number of hydrogen-bond donors (Lipinski definition) is 2. The molecule has 0 fully saturated rings. The summed E-state index contributed by atoms with van der Waals surface area (Å²) in [6.45, 7) is 0. The van der Waals surface area contributed by atoms with Gasteiger partial charge >= 0.3 is 0 Å². The molecule has 2 aromatic carbocycles. The lowest BCUT2D eigenvalue weighted by Gasteiger charge is -2.12. The quantitative estimate of drug-likeness (QED) is 0.876. The second kappa shape index (κ2) is 5.35. The van der Waals surface area contributed by atoms with Crippen molar-refractivity contribution in [3.8, 4) is 5.75 Å². The Bertz CT molecular complexity index is 685. The van der Waals surface area contributed by atoms with Crippen LogP contribution in [0.2, 0.25) is 10.0 Å². The fraction of sp³-hybridized carbons (Fsp3) is 0.133. The molecule has 0 unspecified atom stereocenters. The molecule has 1 aliphatic heterocycles. The molecule has 2 N–H and O–H groups in total. The second-order valence-electron chi connectivity index (χ2n) is 4.63. The summed E-state index contributed by atoms with van der Waals surface area (Å²) in [4.78, 5) is 0. The number of halogens is 2. The summed E-state index contributed by atoms with van der Waals surface area (Å²) in [5.41, 5.74) is 5.48. The minimum absolute atomic E-state index is 0.0112. The molecule has 0 radical (unpaired) electrons. The highest BCUT2D eigenvalue weighted by Gasteiger charge is 2.24. The van der Waals surface area contributed by atoms with Gasteiger partial charge in [-0.15, -0.1) is 0 Å². The van der Waals surface area contributed by atoms with Crippen molar-refractivity contribution in [2.45, 2.75) is 12.5 Å². The van der Waals surface area contributed by atoms with Crippen LogP contribution in [0.15, 0.2) is 47.6 Å². The Kier molecular flexibility index (Phi) is 3.55. The topological polar surface area (TPSA) is 44.6 Å². The van der Waals surface area contributed by atoms with E-state index in [2.05, 4.69) is 10.5 Å². The van der Waals surface area contributed by atoms with Gasteiger partial charge in [0, 0.05) is 22.0 Å². The Balaban J connectivity index is 1.86. The molecule has 1 atom stereocenters. The highest BCUT2D eigenvalue weighted by Crippen LogP contribution is 2.32. The summed E-state index contributed by atoms with van der Waals surface area (Å²) in [6, 6.07) is 12.6. The Morgan fingerprint density at radius 1 is 1.15 bits per heavy atom.